The third kappa shape index (κ3) is 3.47. The van der Waals surface area contributed by atoms with Crippen LogP contribution in [-0.4, -0.2) is 46.5 Å². The first-order valence-electron chi connectivity index (χ1n) is 10.3. The third-order valence-electron chi connectivity index (χ3n) is 6.60. The van der Waals surface area contributed by atoms with Crippen LogP contribution in [0.15, 0.2) is 30.6 Å². The maximum absolute atomic E-state index is 13.5. The van der Waals surface area contributed by atoms with Gasteiger partial charge in [-0.3, -0.25) is 4.79 Å². The van der Waals surface area contributed by atoms with Crippen molar-refractivity contribution in [3.63, 3.8) is 0 Å². The van der Waals surface area contributed by atoms with Crippen LogP contribution in [0, 0.1) is 30.4 Å². The number of aryl methyl sites for hydroxylation is 1. The standard InChI is InChI=1S/C22H24F2N4O/c1-13-10-25-22(26-11-13)27-4-5-28-17(12-27)7-16(21(28)29)6-15-8-18(15)14-2-3-19(23)20(24)9-14/h2-3,9-11,15-18H,4-8,12H2,1H3/t15?,16-,17-,18?/m0/s1. The maximum Gasteiger partial charge on any atom is 0.226 e. The molecule has 1 saturated carbocycles. The van der Waals surface area contributed by atoms with E-state index in [9.17, 15) is 13.6 Å². The number of benzene rings is 1. The summed E-state index contributed by atoms with van der Waals surface area (Å²) >= 11 is 0. The average Bonchev–Trinajstić information content (AvgIpc) is 3.41. The van der Waals surface area contributed by atoms with Crippen molar-refractivity contribution in [2.24, 2.45) is 11.8 Å². The molecule has 1 aromatic heterocycles. The van der Waals surface area contributed by atoms with Gasteiger partial charge in [0.1, 0.15) is 0 Å². The molecule has 0 spiro atoms. The minimum atomic E-state index is -0.809. The Labute approximate surface area is 168 Å². The summed E-state index contributed by atoms with van der Waals surface area (Å²) in [5.74, 6) is 0.0255. The van der Waals surface area contributed by atoms with Crippen LogP contribution in [0.1, 0.15) is 36.3 Å². The van der Waals surface area contributed by atoms with E-state index >= 15 is 0 Å². The Kier molecular flexibility index (Phi) is 4.48. The van der Waals surface area contributed by atoms with E-state index in [1.54, 1.807) is 6.07 Å². The predicted molar refractivity (Wildman–Crippen MR) is 104 cm³/mol. The molecule has 3 fully saturated rings. The fraction of sp³-hybridized carbons (Fsp3) is 0.500. The summed E-state index contributed by atoms with van der Waals surface area (Å²) in [6.07, 6.45) is 6.27. The molecule has 2 aromatic rings. The second kappa shape index (κ2) is 7.04. The molecule has 0 N–H and O–H groups in total. The molecule has 5 nitrogen and oxygen atoms in total. The summed E-state index contributed by atoms with van der Waals surface area (Å²) in [6, 6.07) is 4.37. The number of aromatic nitrogens is 2. The lowest BCUT2D eigenvalue weighted by Gasteiger charge is -2.37. The zero-order valence-electron chi connectivity index (χ0n) is 16.4. The fourth-order valence-electron chi connectivity index (χ4n) is 4.96. The van der Waals surface area contributed by atoms with Crippen LogP contribution in [-0.2, 0) is 4.79 Å². The molecule has 0 radical (unpaired) electrons. The Bertz CT molecular complexity index is 935. The lowest BCUT2D eigenvalue weighted by molar-refractivity contribution is -0.132. The molecule has 7 heteroatoms. The highest BCUT2D eigenvalue weighted by Gasteiger charge is 2.47. The average molecular weight is 398 g/mol. The zero-order chi connectivity index (χ0) is 20.1. The smallest absolute Gasteiger partial charge is 0.226 e. The van der Waals surface area contributed by atoms with E-state index in [1.807, 2.05) is 24.2 Å². The molecular weight excluding hydrogens is 374 g/mol. The van der Waals surface area contributed by atoms with E-state index in [4.69, 9.17) is 0 Å². The minimum absolute atomic E-state index is 0.0270. The molecule has 0 bridgehead atoms. The Morgan fingerprint density at radius 1 is 1.10 bits per heavy atom. The van der Waals surface area contributed by atoms with Crippen LogP contribution in [0.5, 0.6) is 0 Å². The van der Waals surface area contributed by atoms with Crippen molar-refractivity contribution in [1.82, 2.24) is 14.9 Å². The number of fused-ring (bicyclic) bond motifs is 1. The van der Waals surface area contributed by atoms with Crippen LogP contribution >= 0.6 is 0 Å². The summed E-state index contributed by atoms with van der Waals surface area (Å²) < 4.78 is 26.7. The Hall–Kier alpha value is -2.57. The number of hydrogen-bond acceptors (Lipinski definition) is 4. The summed E-state index contributed by atoms with van der Waals surface area (Å²) in [6.45, 7) is 4.18. The molecule has 3 aliphatic rings. The van der Waals surface area contributed by atoms with Gasteiger partial charge in [-0.05, 0) is 61.3 Å². The van der Waals surface area contributed by atoms with Gasteiger partial charge >= 0.3 is 0 Å². The van der Waals surface area contributed by atoms with Crippen LogP contribution < -0.4 is 4.90 Å². The minimum Gasteiger partial charge on any atom is -0.337 e. The number of halogens is 2. The fourth-order valence-corrected chi connectivity index (χ4v) is 4.96. The summed E-state index contributed by atoms with van der Waals surface area (Å²) in [5.41, 5.74) is 1.88. The molecule has 1 aliphatic carbocycles. The molecular formula is C22H24F2N4O. The number of nitrogens with zero attached hydrogens (tertiary/aromatic N) is 4. The number of hydrogen-bond donors (Lipinski definition) is 0. The number of amides is 1. The monoisotopic (exact) mass is 398 g/mol. The van der Waals surface area contributed by atoms with Crippen molar-refractivity contribution in [3.8, 4) is 0 Å². The lowest BCUT2D eigenvalue weighted by atomic mass is 9.96. The number of carbonyl (C=O) groups excluding carboxylic acids is 1. The van der Waals surface area contributed by atoms with Crippen LogP contribution in [0.3, 0.4) is 0 Å². The Morgan fingerprint density at radius 2 is 1.90 bits per heavy atom. The van der Waals surface area contributed by atoms with Crippen molar-refractivity contribution in [1.29, 1.82) is 0 Å². The van der Waals surface area contributed by atoms with Crippen molar-refractivity contribution in [2.75, 3.05) is 24.5 Å². The first-order chi connectivity index (χ1) is 14.0. The van der Waals surface area contributed by atoms with Gasteiger partial charge in [0.15, 0.2) is 11.6 Å². The van der Waals surface area contributed by atoms with E-state index < -0.39 is 11.6 Å². The van der Waals surface area contributed by atoms with E-state index in [0.717, 1.165) is 49.4 Å². The highest BCUT2D eigenvalue weighted by molar-refractivity contribution is 5.82. The third-order valence-corrected chi connectivity index (χ3v) is 6.60. The van der Waals surface area contributed by atoms with Gasteiger partial charge in [-0.1, -0.05) is 6.07 Å². The van der Waals surface area contributed by atoms with E-state index in [2.05, 4.69) is 14.9 Å². The highest BCUT2D eigenvalue weighted by atomic mass is 19.2. The first-order valence-corrected chi connectivity index (χ1v) is 10.3. The molecule has 2 unspecified atom stereocenters. The van der Waals surface area contributed by atoms with Crippen molar-refractivity contribution in [2.45, 2.75) is 38.1 Å². The number of piperazine rings is 1. The quantitative estimate of drug-likeness (QED) is 0.793. The van der Waals surface area contributed by atoms with Gasteiger partial charge in [-0.25, -0.2) is 18.7 Å². The largest absolute Gasteiger partial charge is 0.337 e. The van der Waals surface area contributed by atoms with Crippen LogP contribution in [0.4, 0.5) is 14.7 Å². The molecule has 2 saturated heterocycles. The van der Waals surface area contributed by atoms with Crippen molar-refractivity contribution < 1.29 is 13.6 Å². The normalized spacial score (nSPS) is 28.6. The van der Waals surface area contributed by atoms with E-state index in [-0.39, 0.29) is 23.8 Å². The molecule has 1 aromatic carbocycles. The molecule has 29 heavy (non-hydrogen) atoms. The molecule has 5 rings (SSSR count). The van der Waals surface area contributed by atoms with Crippen molar-refractivity contribution in [3.05, 3.63) is 53.4 Å². The molecule has 152 valence electrons. The van der Waals surface area contributed by atoms with Gasteiger partial charge < -0.3 is 9.80 Å². The first kappa shape index (κ1) is 18.5. The molecule has 2 aliphatic heterocycles. The number of carbonyl (C=O) groups is 1. The van der Waals surface area contributed by atoms with Crippen LogP contribution in [0.25, 0.3) is 0 Å². The van der Waals surface area contributed by atoms with Gasteiger partial charge in [0.25, 0.3) is 0 Å². The SMILES string of the molecule is Cc1cnc(N2CCN3C(=O)[C@@H](CC4CC4c4ccc(F)c(F)c4)C[C@H]3C2)nc1. The summed E-state index contributed by atoms with van der Waals surface area (Å²) in [4.78, 5) is 25.9. The molecule has 1 amide bonds. The van der Waals surface area contributed by atoms with E-state index in [0.29, 0.717) is 12.5 Å². The van der Waals surface area contributed by atoms with Gasteiger partial charge in [0.2, 0.25) is 11.9 Å². The predicted octanol–water partition coefficient (Wildman–Crippen LogP) is 3.29. The van der Waals surface area contributed by atoms with Crippen LogP contribution in [0.2, 0.25) is 0 Å². The molecule has 4 atom stereocenters. The Balaban J connectivity index is 1.21. The second-order valence-corrected chi connectivity index (χ2v) is 8.64. The number of anilines is 1. The Morgan fingerprint density at radius 3 is 2.66 bits per heavy atom. The van der Waals surface area contributed by atoms with Gasteiger partial charge in [0.05, 0.1) is 6.04 Å². The van der Waals surface area contributed by atoms with E-state index in [1.165, 1.54) is 12.1 Å². The lowest BCUT2D eigenvalue weighted by Crippen LogP contribution is -2.52. The second-order valence-electron chi connectivity index (χ2n) is 8.64. The topological polar surface area (TPSA) is 49.3 Å². The summed E-state index contributed by atoms with van der Waals surface area (Å²) in [7, 11) is 0. The van der Waals surface area contributed by atoms with Gasteiger partial charge in [-0.2, -0.15) is 0 Å². The highest BCUT2D eigenvalue weighted by Crippen LogP contribution is 2.52. The number of rotatable bonds is 4. The maximum atomic E-state index is 13.5. The zero-order valence-corrected chi connectivity index (χ0v) is 16.4. The molecule has 3 heterocycles. The summed E-state index contributed by atoms with van der Waals surface area (Å²) in [5, 5.41) is 0. The van der Waals surface area contributed by atoms with Crippen molar-refractivity contribution >= 4 is 11.9 Å². The van der Waals surface area contributed by atoms with Gasteiger partial charge in [0, 0.05) is 37.9 Å². The van der Waals surface area contributed by atoms with Gasteiger partial charge in [-0.15, -0.1) is 0 Å².